The van der Waals surface area contributed by atoms with Crippen LogP contribution < -0.4 is 0 Å². The first kappa shape index (κ1) is 13.9. The number of hydrogen-bond acceptors (Lipinski definition) is 4. The Morgan fingerprint density at radius 3 is 2.61 bits per heavy atom. The highest BCUT2D eigenvalue weighted by atomic mass is 19.1. The molecular weight excluding hydrogens is 239 g/mol. The van der Waals surface area contributed by atoms with Crippen molar-refractivity contribution in [2.24, 2.45) is 0 Å². The van der Waals surface area contributed by atoms with Crippen molar-refractivity contribution in [3.8, 4) is 0 Å². The maximum atomic E-state index is 13.4. The molecule has 0 unspecified atom stereocenters. The van der Waals surface area contributed by atoms with Gasteiger partial charge in [-0.15, -0.1) is 0 Å². The van der Waals surface area contributed by atoms with Crippen LogP contribution in [0.5, 0.6) is 0 Å². The lowest BCUT2D eigenvalue weighted by Crippen LogP contribution is -2.02. The van der Waals surface area contributed by atoms with E-state index in [2.05, 4.69) is 9.47 Å². The maximum absolute atomic E-state index is 13.4. The second-order valence-electron chi connectivity index (χ2n) is 3.41. The Kier molecular flexibility index (Phi) is 5.05. The number of carbonyl (C=O) groups excluding carboxylic acids is 2. The predicted molar refractivity (Wildman–Crippen MR) is 63.4 cm³/mol. The number of hydrogen-bond donors (Lipinski definition) is 0. The Labute approximate surface area is 104 Å². The van der Waals surface area contributed by atoms with Gasteiger partial charge < -0.3 is 9.47 Å². The zero-order valence-corrected chi connectivity index (χ0v) is 10.1. The van der Waals surface area contributed by atoms with Crippen LogP contribution in [0.3, 0.4) is 0 Å². The molecule has 1 aromatic carbocycles. The van der Waals surface area contributed by atoms with Gasteiger partial charge in [0.1, 0.15) is 5.82 Å². The molecule has 0 aliphatic rings. The topological polar surface area (TPSA) is 52.6 Å². The van der Waals surface area contributed by atoms with E-state index in [1.807, 2.05) is 0 Å². The molecule has 0 aliphatic heterocycles. The number of esters is 2. The first-order chi connectivity index (χ1) is 8.58. The largest absolute Gasteiger partial charge is 0.469 e. The summed E-state index contributed by atoms with van der Waals surface area (Å²) in [6.07, 6.45) is 2.92. The molecule has 0 amide bonds. The molecule has 0 aromatic heterocycles. The predicted octanol–water partition coefficient (Wildman–Crippen LogP) is 2.19. The van der Waals surface area contributed by atoms with E-state index in [-0.39, 0.29) is 17.5 Å². The number of methoxy groups -OCH3 is 2. The Morgan fingerprint density at radius 1 is 1.28 bits per heavy atom. The van der Waals surface area contributed by atoms with Crippen LogP contribution in [0.1, 0.15) is 22.3 Å². The van der Waals surface area contributed by atoms with E-state index in [1.165, 1.54) is 44.6 Å². The third kappa shape index (κ3) is 3.69. The Balaban J connectivity index is 2.87. The summed E-state index contributed by atoms with van der Waals surface area (Å²) in [4.78, 5) is 22.1. The summed E-state index contributed by atoms with van der Waals surface area (Å²) >= 11 is 0. The lowest BCUT2D eigenvalue weighted by molar-refractivity contribution is -0.139. The van der Waals surface area contributed by atoms with Crippen molar-refractivity contribution in [3.63, 3.8) is 0 Å². The molecule has 0 aliphatic carbocycles. The first-order valence-electron chi connectivity index (χ1n) is 5.19. The second-order valence-corrected chi connectivity index (χ2v) is 3.41. The summed E-state index contributed by atoms with van der Waals surface area (Å²) in [5.74, 6) is -1.45. The van der Waals surface area contributed by atoms with Crippen molar-refractivity contribution in [2.75, 3.05) is 14.2 Å². The lowest BCUT2D eigenvalue weighted by Gasteiger charge is -2.02. The van der Waals surface area contributed by atoms with E-state index < -0.39 is 17.8 Å². The standard InChI is InChI=1S/C13H13FO4/c1-17-12(15)5-3-4-9-8-10(13(16)18-2)6-7-11(9)14/h3-4,6-8H,5H2,1-2H3. The smallest absolute Gasteiger partial charge is 0.337 e. The van der Waals surface area contributed by atoms with E-state index in [9.17, 15) is 14.0 Å². The first-order valence-corrected chi connectivity index (χ1v) is 5.19. The molecule has 1 aromatic rings. The fraction of sp³-hybridized carbons (Fsp3) is 0.231. The van der Waals surface area contributed by atoms with Crippen molar-refractivity contribution in [3.05, 3.63) is 41.2 Å². The summed E-state index contributed by atoms with van der Waals surface area (Å²) in [6.45, 7) is 0. The van der Waals surface area contributed by atoms with Gasteiger partial charge in [-0.1, -0.05) is 12.2 Å². The molecule has 0 N–H and O–H groups in total. The molecule has 0 fully saturated rings. The third-order valence-corrected chi connectivity index (χ3v) is 2.23. The van der Waals surface area contributed by atoms with Crippen molar-refractivity contribution in [1.29, 1.82) is 0 Å². The average Bonchev–Trinajstić information content (AvgIpc) is 2.39. The minimum absolute atomic E-state index is 0.0401. The molecule has 4 nitrogen and oxygen atoms in total. The molecule has 0 heterocycles. The van der Waals surface area contributed by atoms with Gasteiger partial charge in [0.15, 0.2) is 0 Å². The quantitative estimate of drug-likeness (QED) is 0.771. The molecular formula is C13H13FO4. The molecule has 0 atom stereocenters. The van der Waals surface area contributed by atoms with Gasteiger partial charge in [0.25, 0.3) is 0 Å². The van der Waals surface area contributed by atoms with E-state index in [0.29, 0.717) is 0 Å². The third-order valence-electron chi connectivity index (χ3n) is 2.23. The molecule has 18 heavy (non-hydrogen) atoms. The minimum atomic E-state index is -0.544. The Bertz CT molecular complexity index is 480. The highest BCUT2D eigenvalue weighted by Gasteiger charge is 2.08. The van der Waals surface area contributed by atoms with E-state index in [1.54, 1.807) is 0 Å². The summed E-state index contributed by atoms with van der Waals surface area (Å²) in [6, 6.07) is 3.86. The van der Waals surface area contributed by atoms with Crippen LogP contribution >= 0.6 is 0 Å². The van der Waals surface area contributed by atoms with Gasteiger partial charge in [0.05, 0.1) is 26.2 Å². The van der Waals surface area contributed by atoms with Crippen LogP contribution in [-0.4, -0.2) is 26.2 Å². The van der Waals surface area contributed by atoms with Gasteiger partial charge in [-0.05, 0) is 18.2 Å². The van der Waals surface area contributed by atoms with Crippen LogP contribution in [-0.2, 0) is 14.3 Å². The number of benzene rings is 1. The summed E-state index contributed by atoms with van der Waals surface area (Å²) < 4.78 is 22.4. The Morgan fingerprint density at radius 2 is 2.00 bits per heavy atom. The summed E-state index contributed by atoms with van der Waals surface area (Å²) in [5, 5.41) is 0. The average molecular weight is 252 g/mol. The number of halogens is 1. The Hall–Kier alpha value is -2.17. The van der Waals surface area contributed by atoms with E-state index in [0.717, 1.165) is 0 Å². The molecule has 0 saturated heterocycles. The maximum Gasteiger partial charge on any atom is 0.337 e. The SMILES string of the molecule is COC(=O)CC=Cc1cc(C(=O)OC)ccc1F. The molecule has 0 saturated carbocycles. The molecule has 0 spiro atoms. The number of rotatable bonds is 4. The molecule has 0 radical (unpaired) electrons. The zero-order chi connectivity index (χ0) is 13.5. The van der Waals surface area contributed by atoms with Crippen molar-refractivity contribution in [1.82, 2.24) is 0 Å². The highest BCUT2D eigenvalue weighted by Crippen LogP contribution is 2.13. The highest BCUT2D eigenvalue weighted by molar-refractivity contribution is 5.90. The van der Waals surface area contributed by atoms with Gasteiger partial charge in [-0.25, -0.2) is 9.18 Å². The normalized spacial score (nSPS) is 10.4. The fourth-order valence-electron chi connectivity index (χ4n) is 1.28. The molecule has 96 valence electrons. The van der Waals surface area contributed by atoms with Crippen LogP contribution in [0, 0.1) is 5.82 Å². The monoisotopic (exact) mass is 252 g/mol. The van der Waals surface area contributed by atoms with E-state index >= 15 is 0 Å². The van der Waals surface area contributed by atoms with Crippen molar-refractivity contribution in [2.45, 2.75) is 6.42 Å². The van der Waals surface area contributed by atoms with Gasteiger partial charge in [-0.2, -0.15) is 0 Å². The minimum Gasteiger partial charge on any atom is -0.469 e. The van der Waals surface area contributed by atoms with Crippen LogP contribution in [0.2, 0.25) is 0 Å². The van der Waals surface area contributed by atoms with Gasteiger partial charge in [0.2, 0.25) is 0 Å². The van der Waals surface area contributed by atoms with Crippen LogP contribution in [0.4, 0.5) is 4.39 Å². The molecule has 1 rings (SSSR count). The van der Waals surface area contributed by atoms with Crippen molar-refractivity contribution >= 4 is 18.0 Å². The summed E-state index contributed by atoms with van der Waals surface area (Å²) in [7, 11) is 2.52. The van der Waals surface area contributed by atoms with Gasteiger partial charge in [-0.3, -0.25) is 4.79 Å². The van der Waals surface area contributed by atoms with E-state index in [4.69, 9.17) is 0 Å². The molecule has 5 heteroatoms. The van der Waals surface area contributed by atoms with Crippen molar-refractivity contribution < 1.29 is 23.5 Å². The lowest BCUT2D eigenvalue weighted by atomic mass is 10.1. The second kappa shape index (κ2) is 6.54. The summed E-state index contributed by atoms with van der Waals surface area (Å²) in [5.41, 5.74) is 0.457. The number of carbonyl (C=O) groups is 2. The molecule has 0 bridgehead atoms. The van der Waals surface area contributed by atoms with Gasteiger partial charge in [0, 0.05) is 5.56 Å². The zero-order valence-electron chi connectivity index (χ0n) is 10.1. The van der Waals surface area contributed by atoms with Gasteiger partial charge >= 0.3 is 11.9 Å². The van der Waals surface area contributed by atoms with Crippen LogP contribution in [0.15, 0.2) is 24.3 Å². The fourth-order valence-corrected chi connectivity index (χ4v) is 1.28. The van der Waals surface area contributed by atoms with Crippen LogP contribution in [0.25, 0.3) is 6.08 Å². The number of ether oxygens (including phenoxy) is 2.